The highest BCUT2D eigenvalue weighted by Gasteiger charge is 2.10. The van der Waals surface area contributed by atoms with Crippen molar-refractivity contribution in [1.29, 1.82) is 0 Å². The topological polar surface area (TPSA) is 34.9 Å². The molecule has 0 unspecified atom stereocenters. The van der Waals surface area contributed by atoms with Gasteiger partial charge < -0.3 is 0 Å². The minimum absolute atomic E-state index is 0.664. The molecule has 0 radical (unpaired) electrons. The Balaban J connectivity index is 1.71. The molecule has 1 aromatic heterocycles. The summed E-state index contributed by atoms with van der Waals surface area (Å²) in [4.78, 5) is 10.9. The first kappa shape index (κ1) is 17.9. The number of aromatic nitrogens is 2. The number of nitrogens with zero attached hydrogens (tertiary/aromatic N) is 2. The molecule has 4 rings (SSSR count). The minimum Gasteiger partial charge on any atom is -0.298 e. The molecule has 0 saturated heterocycles. The molecule has 28 heavy (non-hydrogen) atoms. The average Bonchev–Trinajstić information content (AvgIpc) is 3.09. The molecule has 0 bridgehead atoms. The van der Waals surface area contributed by atoms with E-state index < -0.39 is 0 Å². The SMILES string of the molecule is Cc1cc(-c2cccc(-c3ccccc3C)c2)n(Cc2ccc(C=O)cc2)n1. The standard InChI is InChI=1S/C25H22N2O/c1-18-6-3-4-9-24(18)22-7-5-8-23(15-22)25-14-19(2)26-27(25)16-20-10-12-21(17-28)13-11-20/h3-15,17H,16H2,1-2H3. The van der Waals surface area contributed by atoms with Crippen molar-refractivity contribution in [3.63, 3.8) is 0 Å². The third-order valence-electron chi connectivity index (χ3n) is 4.96. The minimum atomic E-state index is 0.664. The molecule has 0 atom stereocenters. The average molecular weight is 366 g/mol. The lowest BCUT2D eigenvalue weighted by Gasteiger charge is -2.11. The van der Waals surface area contributed by atoms with Crippen molar-refractivity contribution in [3.8, 4) is 22.4 Å². The molecule has 3 nitrogen and oxygen atoms in total. The smallest absolute Gasteiger partial charge is 0.150 e. The Labute approximate surface area is 165 Å². The highest BCUT2D eigenvalue weighted by molar-refractivity contribution is 5.75. The van der Waals surface area contributed by atoms with Crippen LogP contribution in [0.15, 0.2) is 78.9 Å². The van der Waals surface area contributed by atoms with E-state index in [0.717, 1.165) is 28.8 Å². The molecule has 0 saturated carbocycles. The number of rotatable bonds is 5. The Hall–Kier alpha value is -3.46. The maximum absolute atomic E-state index is 10.9. The second kappa shape index (κ2) is 7.65. The summed E-state index contributed by atoms with van der Waals surface area (Å²) in [5, 5.41) is 4.69. The maximum Gasteiger partial charge on any atom is 0.150 e. The van der Waals surface area contributed by atoms with Crippen LogP contribution >= 0.6 is 0 Å². The number of hydrogen-bond acceptors (Lipinski definition) is 2. The van der Waals surface area contributed by atoms with Gasteiger partial charge in [0.2, 0.25) is 0 Å². The summed E-state index contributed by atoms with van der Waals surface area (Å²) < 4.78 is 2.03. The number of benzene rings is 3. The Morgan fingerprint density at radius 1 is 0.857 bits per heavy atom. The predicted molar refractivity (Wildman–Crippen MR) is 114 cm³/mol. The first-order valence-electron chi connectivity index (χ1n) is 9.39. The first-order valence-corrected chi connectivity index (χ1v) is 9.39. The fraction of sp³-hybridized carbons (Fsp3) is 0.120. The lowest BCUT2D eigenvalue weighted by molar-refractivity contribution is 0.112. The fourth-order valence-electron chi connectivity index (χ4n) is 3.52. The van der Waals surface area contributed by atoms with Crippen LogP contribution in [-0.2, 0) is 6.54 Å². The van der Waals surface area contributed by atoms with E-state index in [0.29, 0.717) is 12.1 Å². The van der Waals surface area contributed by atoms with E-state index in [1.165, 1.54) is 16.7 Å². The molecule has 0 N–H and O–H groups in total. The van der Waals surface area contributed by atoms with Gasteiger partial charge in [0.05, 0.1) is 17.9 Å². The molecule has 0 aliphatic carbocycles. The molecule has 1 heterocycles. The summed E-state index contributed by atoms with van der Waals surface area (Å²) in [5.41, 5.74) is 8.74. The molecule has 0 spiro atoms. The molecule has 3 heteroatoms. The van der Waals surface area contributed by atoms with E-state index in [2.05, 4.69) is 61.5 Å². The van der Waals surface area contributed by atoms with Crippen molar-refractivity contribution in [2.24, 2.45) is 0 Å². The molecule has 138 valence electrons. The maximum atomic E-state index is 10.9. The van der Waals surface area contributed by atoms with Gasteiger partial charge in [-0.15, -0.1) is 0 Å². The number of aldehydes is 1. The predicted octanol–water partition coefficient (Wildman–Crippen LogP) is 5.69. The summed E-state index contributed by atoms with van der Waals surface area (Å²) in [5.74, 6) is 0. The monoisotopic (exact) mass is 366 g/mol. The third-order valence-corrected chi connectivity index (χ3v) is 4.96. The van der Waals surface area contributed by atoms with Gasteiger partial charge in [-0.3, -0.25) is 9.48 Å². The number of carbonyl (C=O) groups is 1. The van der Waals surface area contributed by atoms with E-state index >= 15 is 0 Å². The van der Waals surface area contributed by atoms with E-state index in [1.807, 2.05) is 35.9 Å². The van der Waals surface area contributed by atoms with Gasteiger partial charge in [0, 0.05) is 11.1 Å². The highest BCUT2D eigenvalue weighted by Crippen LogP contribution is 2.29. The lowest BCUT2D eigenvalue weighted by atomic mass is 9.98. The zero-order chi connectivity index (χ0) is 19.5. The summed E-state index contributed by atoms with van der Waals surface area (Å²) in [6.07, 6.45) is 0.865. The number of hydrogen-bond donors (Lipinski definition) is 0. The van der Waals surface area contributed by atoms with Crippen molar-refractivity contribution in [3.05, 3.63) is 101 Å². The summed E-state index contributed by atoms with van der Waals surface area (Å²) >= 11 is 0. The van der Waals surface area contributed by atoms with E-state index in [9.17, 15) is 4.79 Å². The van der Waals surface area contributed by atoms with Crippen LogP contribution in [0, 0.1) is 13.8 Å². The fourth-order valence-corrected chi connectivity index (χ4v) is 3.52. The lowest BCUT2D eigenvalue weighted by Crippen LogP contribution is -2.04. The molecular formula is C25H22N2O. The highest BCUT2D eigenvalue weighted by atomic mass is 16.1. The summed E-state index contributed by atoms with van der Waals surface area (Å²) in [6.45, 7) is 4.82. The zero-order valence-corrected chi connectivity index (χ0v) is 16.1. The molecule has 0 aliphatic heterocycles. The second-order valence-corrected chi connectivity index (χ2v) is 7.08. The number of aryl methyl sites for hydroxylation is 2. The normalized spacial score (nSPS) is 10.8. The molecular weight excluding hydrogens is 344 g/mol. The Morgan fingerprint density at radius 3 is 2.36 bits per heavy atom. The third kappa shape index (κ3) is 3.65. The van der Waals surface area contributed by atoms with Gasteiger partial charge in [-0.2, -0.15) is 5.10 Å². The van der Waals surface area contributed by atoms with E-state index in [1.54, 1.807) is 0 Å². The molecule has 3 aromatic carbocycles. The Bertz CT molecular complexity index is 1120. The van der Waals surface area contributed by atoms with Gasteiger partial charge in [-0.05, 0) is 48.2 Å². The molecule has 0 aliphatic rings. The number of carbonyl (C=O) groups excluding carboxylic acids is 1. The quantitative estimate of drug-likeness (QED) is 0.425. The largest absolute Gasteiger partial charge is 0.298 e. The van der Waals surface area contributed by atoms with Crippen LogP contribution in [0.2, 0.25) is 0 Å². The van der Waals surface area contributed by atoms with E-state index in [4.69, 9.17) is 5.10 Å². The van der Waals surface area contributed by atoms with Crippen LogP contribution in [0.25, 0.3) is 22.4 Å². The van der Waals surface area contributed by atoms with Crippen molar-refractivity contribution >= 4 is 6.29 Å². The van der Waals surface area contributed by atoms with Gasteiger partial charge in [-0.25, -0.2) is 0 Å². The van der Waals surface area contributed by atoms with Crippen LogP contribution in [-0.4, -0.2) is 16.1 Å². The van der Waals surface area contributed by atoms with Crippen LogP contribution < -0.4 is 0 Å². The van der Waals surface area contributed by atoms with Gasteiger partial charge in [0.1, 0.15) is 6.29 Å². The Kier molecular flexibility index (Phi) is 4.90. The molecule has 0 fully saturated rings. The molecule has 4 aromatic rings. The van der Waals surface area contributed by atoms with Crippen molar-refractivity contribution in [1.82, 2.24) is 9.78 Å². The van der Waals surface area contributed by atoms with Crippen LogP contribution in [0.5, 0.6) is 0 Å². The van der Waals surface area contributed by atoms with Crippen LogP contribution in [0.1, 0.15) is 27.2 Å². The summed E-state index contributed by atoms with van der Waals surface area (Å²) in [7, 11) is 0. The Morgan fingerprint density at radius 2 is 1.61 bits per heavy atom. The zero-order valence-electron chi connectivity index (χ0n) is 16.1. The molecule has 0 amide bonds. The van der Waals surface area contributed by atoms with Gasteiger partial charge in [0.25, 0.3) is 0 Å². The van der Waals surface area contributed by atoms with Crippen molar-refractivity contribution < 1.29 is 4.79 Å². The van der Waals surface area contributed by atoms with Gasteiger partial charge in [0.15, 0.2) is 0 Å². The van der Waals surface area contributed by atoms with Crippen LogP contribution in [0.4, 0.5) is 0 Å². The first-order chi connectivity index (χ1) is 13.6. The van der Waals surface area contributed by atoms with Crippen molar-refractivity contribution in [2.75, 3.05) is 0 Å². The van der Waals surface area contributed by atoms with Crippen molar-refractivity contribution in [2.45, 2.75) is 20.4 Å². The second-order valence-electron chi connectivity index (χ2n) is 7.08. The van der Waals surface area contributed by atoms with Gasteiger partial charge in [-0.1, -0.05) is 66.7 Å². The van der Waals surface area contributed by atoms with Crippen LogP contribution in [0.3, 0.4) is 0 Å². The van der Waals surface area contributed by atoms with Gasteiger partial charge >= 0.3 is 0 Å². The summed E-state index contributed by atoms with van der Waals surface area (Å²) in [6, 6.07) is 26.8. The van der Waals surface area contributed by atoms with E-state index in [-0.39, 0.29) is 0 Å².